The first kappa shape index (κ1) is 25.6. The van der Waals surface area contributed by atoms with E-state index >= 15 is 0 Å². The van der Waals surface area contributed by atoms with Crippen molar-refractivity contribution in [1.29, 1.82) is 0 Å². The summed E-state index contributed by atoms with van der Waals surface area (Å²) in [7, 11) is 1.53. The molecular formula is C22H26N2O9. The molecule has 0 amide bonds. The van der Waals surface area contributed by atoms with E-state index in [0.717, 1.165) is 15.7 Å². The van der Waals surface area contributed by atoms with E-state index in [9.17, 15) is 29.4 Å². The number of carbonyl (C=O) groups is 4. The first-order chi connectivity index (χ1) is 15.5. The van der Waals surface area contributed by atoms with Crippen LogP contribution in [0.1, 0.15) is 18.5 Å². The van der Waals surface area contributed by atoms with Crippen molar-refractivity contribution in [2.45, 2.75) is 19.0 Å². The number of carboxylic acids is 4. The monoisotopic (exact) mass is 462 g/mol. The van der Waals surface area contributed by atoms with Crippen molar-refractivity contribution in [1.82, 2.24) is 9.80 Å². The molecule has 0 fully saturated rings. The van der Waals surface area contributed by atoms with Crippen LogP contribution in [0.3, 0.4) is 0 Å². The van der Waals surface area contributed by atoms with Gasteiger partial charge in [0.05, 0.1) is 26.7 Å². The third-order valence-corrected chi connectivity index (χ3v) is 5.12. The van der Waals surface area contributed by atoms with Gasteiger partial charge in [0.15, 0.2) is 0 Å². The maximum Gasteiger partial charge on any atom is 0.325 e. The van der Waals surface area contributed by atoms with Crippen molar-refractivity contribution in [3.05, 3.63) is 42.0 Å². The second-order valence-corrected chi connectivity index (χ2v) is 7.58. The Kier molecular flexibility index (Phi) is 8.71. The molecule has 0 aliphatic rings. The second kappa shape index (κ2) is 11.2. The van der Waals surface area contributed by atoms with E-state index in [-0.39, 0.29) is 6.54 Å². The predicted octanol–water partition coefficient (Wildman–Crippen LogP) is 1.22. The number of hydrogen-bond acceptors (Lipinski definition) is 7. The summed E-state index contributed by atoms with van der Waals surface area (Å²) < 4.78 is 5.19. The molecule has 0 spiro atoms. The van der Waals surface area contributed by atoms with Crippen LogP contribution in [0.5, 0.6) is 5.75 Å². The lowest BCUT2D eigenvalue weighted by molar-refractivity contribution is -0.149. The van der Waals surface area contributed by atoms with Gasteiger partial charge < -0.3 is 25.2 Å². The van der Waals surface area contributed by atoms with Crippen molar-refractivity contribution < 1.29 is 44.3 Å². The average Bonchev–Trinajstić information content (AvgIpc) is 2.71. The highest BCUT2D eigenvalue weighted by Gasteiger charge is 2.32. The molecule has 0 aliphatic heterocycles. The topological polar surface area (TPSA) is 165 Å². The summed E-state index contributed by atoms with van der Waals surface area (Å²) in [5.74, 6) is -4.45. The van der Waals surface area contributed by atoms with Crippen LogP contribution in [0.25, 0.3) is 10.8 Å². The molecule has 11 nitrogen and oxygen atoms in total. The quantitative estimate of drug-likeness (QED) is 0.338. The van der Waals surface area contributed by atoms with Crippen LogP contribution in [0.4, 0.5) is 0 Å². The second-order valence-electron chi connectivity index (χ2n) is 7.58. The fourth-order valence-electron chi connectivity index (χ4n) is 3.65. The van der Waals surface area contributed by atoms with E-state index in [2.05, 4.69) is 0 Å². The highest BCUT2D eigenvalue weighted by Crippen LogP contribution is 2.28. The molecule has 0 aliphatic carbocycles. The van der Waals surface area contributed by atoms with Gasteiger partial charge in [-0.3, -0.25) is 29.0 Å². The number of methoxy groups -OCH3 is 1. The minimum Gasteiger partial charge on any atom is -0.497 e. The van der Waals surface area contributed by atoms with Gasteiger partial charge in [-0.1, -0.05) is 18.2 Å². The molecule has 0 radical (unpaired) electrons. The lowest BCUT2D eigenvalue weighted by Crippen LogP contribution is -2.49. The van der Waals surface area contributed by atoms with E-state index < -0.39 is 55.6 Å². The molecule has 4 N–H and O–H groups in total. The Hall–Kier alpha value is -3.70. The van der Waals surface area contributed by atoms with Gasteiger partial charge in [-0.25, -0.2) is 0 Å². The zero-order valence-corrected chi connectivity index (χ0v) is 18.2. The van der Waals surface area contributed by atoms with Crippen molar-refractivity contribution >= 4 is 34.6 Å². The van der Waals surface area contributed by atoms with Crippen LogP contribution in [0.15, 0.2) is 36.4 Å². The Balaban J connectivity index is 2.42. The Bertz CT molecular complexity index is 1020. The summed E-state index contributed by atoms with van der Waals surface area (Å²) in [5, 5.41) is 39.0. The first-order valence-corrected chi connectivity index (χ1v) is 9.95. The van der Waals surface area contributed by atoms with Crippen molar-refractivity contribution in [3.63, 3.8) is 0 Å². The smallest absolute Gasteiger partial charge is 0.325 e. The van der Waals surface area contributed by atoms with E-state index in [1.54, 1.807) is 36.4 Å². The van der Waals surface area contributed by atoms with Crippen LogP contribution in [-0.2, 0) is 19.2 Å². The number of fused-ring (bicyclic) bond motifs is 1. The maximum atomic E-state index is 12.2. The third-order valence-electron chi connectivity index (χ3n) is 5.12. The number of nitrogens with zero attached hydrogens (tertiary/aromatic N) is 2. The molecule has 2 aromatic carbocycles. The molecule has 0 aromatic heterocycles. The highest BCUT2D eigenvalue weighted by molar-refractivity contribution is 5.86. The molecule has 0 saturated heterocycles. The average molecular weight is 462 g/mol. The summed E-state index contributed by atoms with van der Waals surface area (Å²) in [5.41, 5.74) is 0.330. The Labute approximate surface area is 189 Å². The number of aliphatic carboxylic acids is 4. The lowest BCUT2D eigenvalue weighted by Gasteiger charge is -2.34. The van der Waals surface area contributed by atoms with Crippen LogP contribution in [0, 0.1) is 0 Å². The van der Waals surface area contributed by atoms with Gasteiger partial charge in [-0.05, 0) is 41.5 Å². The van der Waals surface area contributed by atoms with Crippen LogP contribution in [0.2, 0.25) is 0 Å². The summed E-state index contributed by atoms with van der Waals surface area (Å²) in [6.45, 7) is -0.499. The van der Waals surface area contributed by atoms with Gasteiger partial charge >= 0.3 is 23.9 Å². The van der Waals surface area contributed by atoms with Gasteiger partial charge in [-0.15, -0.1) is 0 Å². The fraction of sp³-hybridized carbons (Fsp3) is 0.364. The lowest BCUT2D eigenvalue weighted by atomic mass is 10.00. The molecule has 2 atom stereocenters. The van der Waals surface area contributed by atoms with Crippen LogP contribution < -0.4 is 4.74 Å². The molecular weight excluding hydrogens is 436 g/mol. The summed E-state index contributed by atoms with van der Waals surface area (Å²) >= 11 is 0. The molecule has 0 bridgehead atoms. The van der Waals surface area contributed by atoms with E-state index in [0.29, 0.717) is 11.3 Å². The zero-order chi connectivity index (χ0) is 24.7. The molecule has 2 rings (SSSR count). The predicted molar refractivity (Wildman–Crippen MR) is 116 cm³/mol. The SMILES string of the molecule is COc1ccc2cc(C(C(=O)O)N(CC(=O)O)CC(C)N(CC(=O)O)CC(=O)O)ccc2c1. The number of rotatable bonds is 13. The molecule has 11 heteroatoms. The minimum atomic E-state index is -1.36. The molecule has 0 heterocycles. The van der Waals surface area contributed by atoms with Gasteiger partial charge in [-0.2, -0.15) is 0 Å². The van der Waals surface area contributed by atoms with Gasteiger partial charge in [0.1, 0.15) is 11.8 Å². The number of hydrogen-bond donors (Lipinski definition) is 4. The van der Waals surface area contributed by atoms with E-state index in [1.165, 1.54) is 18.9 Å². The first-order valence-electron chi connectivity index (χ1n) is 9.95. The molecule has 2 aromatic rings. The fourth-order valence-corrected chi connectivity index (χ4v) is 3.65. The highest BCUT2D eigenvalue weighted by atomic mass is 16.5. The normalized spacial score (nSPS) is 13.1. The Morgan fingerprint density at radius 1 is 0.818 bits per heavy atom. The zero-order valence-electron chi connectivity index (χ0n) is 18.2. The third kappa shape index (κ3) is 7.16. The van der Waals surface area contributed by atoms with Crippen molar-refractivity contribution in [3.8, 4) is 5.75 Å². The van der Waals surface area contributed by atoms with Crippen molar-refractivity contribution in [2.24, 2.45) is 0 Å². The van der Waals surface area contributed by atoms with Gasteiger partial charge in [0, 0.05) is 12.6 Å². The molecule has 33 heavy (non-hydrogen) atoms. The number of ether oxygens (including phenoxy) is 1. The minimum absolute atomic E-state index is 0.190. The van der Waals surface area contributed by atoms with Crippen molar-refractivity contribution in [2.75, 3.05) is 33.3 Å². The molecule has 178 valence electrons. The number of benzene rings is 2. The Morgan fingerprint density at radius 3 is 1.85 bits per heavy atom. The van der Waals surface area contributed by atoms with E-state index in [4.69, 9.17) is 14.9 Å². The van der Waals surface area contributed by atoms with E-state index in [1.807, 2.05) is 0 Å². The summed E-state index contributed by atoms with van der Waals surface area (Å²) in [6.07, 6.45) is 0. The van der Waals surface area contributed by atoms with Crippen LogP contribution in [-0.4, -0.2) is 93.4 Å². The number of carboxylic acid groups (broad SMARTS) is 4. The van der Waals surface area contributed by atoms with Gasteiger partial charge in [0.25, 0.3) is 0 Å². The maximum absolute atomic E-state index is 12.2. The van der Waals surface area contributed by atoms with Crippen LogP contribution >= 0.6 is 0 Å². The largest absolute Gasteiger partial charge is 0.497 e. The summed E-state index contributed by atoms with van der Waals surface area (Å²) in [6, 6.07) is 8.05. The molecule has 0 saturated carbocycles. The molecule has 2 unspecified atom stereocenters. The Morgan fingerprint density at radius 2 is 1.33 bits per heavy atom. The summed E-state index contributed by atoms with van der Waals surface area (Å²) in [4.78, 5) is 48.3. The standard InChI is InChI=1S/C22H26N2O9/c1-13(23(10-18(25)26)11-19(27)28)9-24(12-20(29)30)21(22(31)32)16-4-3-15-8-17(33-2)6-5-14(15)7-16/h3-8,13,21H,9-12H2,1-2H3,(H,25,26)(H,27,28)(H,29,30)(H,31,32). The van der Waals surface area contributed by atoms with Gasteiger partial charge in [0.2, 0.25) is 0 Å².